The van der Waals surface area contributed by atoms with Crippen molar-refractivity contribution in [1.29, 1.82) is 0 Å². The van der Waals surface area contributed by atoms with E-state index in [1.54, 1.807) is 18.5 Å². The normalized spacial score (nSPS) is 22.1. The fourth-order valence-electron chi connectivity index (χ4n) is 2.56. The van der Waals surface area contributed by atoms with Crippen LogP contribution in [0.5, 0.6) is 0 Å². The Hall–Kier alpha value is -2.17. The minimum Gasteiger partial charge on any atom is -0.481 e. The molecule has 1 fully saturated rings. The lowest BCUT2D eigenvalue weighted by Crippen LogP contribution is -2.31. The topological polar surface area (TPSA) is 79.3 Å². The van der Waals surface area contributed by atoms with E-state index in [-0.39, 0.29) is 11.8 Å². The quantitative estimate of drug-likeness (QED) is 0.813. The summed E-state index contributed by atoms with van der Waals surface area (Å²) in [6, 6.07) is 3.70. The summed E-state index contributed by atoms with van der Waals surface area (Å²) < 4.78 is 0. The standard InChI is InChI=1S/C16H20N2O3/c19-15(8-5-12-2-1-9-17-10-12)18-11-13-3-6-14(7-4-13)16(20)21/h1-2,5,8-10,13-14H,3-4,6-7,11H2,(H,18,19)(H,20,21)/b8-5+. The molecule has 2 N–H and O–H groups in total. The number of hydrogen-bond acceptors (Lipinski definition) is 3. The lowest BCUT2D eigenvalue weighted by molar-refractivity contribution is -0.143. The van der Waals surface area contributed by atoms with Gasteiger partial charge in [0.25, 0.3) is 0 Å². The molecule has 1 saturated carbocycles. The van der Waals surface area contributed by atoms with E-state index in [0.717, 1.165) is 18.4 Å². The first-order valence-electron chi connectivity index (χ1n) is 7.24. The van der Waals surface area contributed by atoms with Crippen LogP contribution < -0.4 is 5.32 Å². The fourth-order valence-corrected chi connectivity index (χ4v) is 2.56. The number of amides is 1. The zero-order chi connectivity index (χ0) is 15.1. The van der Waals surface area contributed by atoms with E-state index in [0.29, 0.717) is 25.3 Å². The molecule has 0 spiro atoms. The molecule has 112 valence electrons. The predicted octanol–water partition coefficient (Wildman–Crippen LogP) is 2.10. The Bertz CT molecular complexity index is 506. The van der Waals surface area contributed by atoms with Crippen molar-refractivity contribution in [3.8, 4) is 0 Å². The molecular weight excluding hydrogens is 268 g/mol. The molecule has 1 amide bonds. The smallest absolute Gasteiger partial charge is 0.306 e. The molecule has 5 heteroatoms. The second kappa shape index (κ2) is 7.57. The molecule has 2 rings (SSSR count). The molecule has 1 heterocycles. The number of nitrogens with zero attached hydrogens (tertiary/aromatic N) is 1. The first kappa shape index (κ1) is 15.2. The third-order valence-corrected chi connectivity index (χ3v) is 3.87. The Morgan fingerprint density at radius 2 is 2.10 bits per heavy atom. The Morgan fingerprint density at radius 3 is 2.71 bits per heavy atom. The third kappa shape index (κ3) is 5.02. The molecule has 21 heavy (non-hydrogen) atoms. The SMILES string of the molecule is O=C(/C=C/c1cccnc1)NCC1CCC(C(=O)O)CC1. The Morgan fingerprint density at radius 1 is 1.33 bits per heavy atom. The van der Waals surface area contributed by atoms with Crippen molar-refractivity contribution in [2.75, 3.05) is 6.54 Å². The van der Waals surface area contributed by atoms with Crippen molar-refractivity contribution in [2.45, 2.75) is 25.7 Å². The van der Waals surface area contributed by atoms with Crippen LogP contribution in [0.3, 0.4) is 0 Å². The average Bonchev–Trinajstić information content (AvgIpc) is 2.52. The van der Waals surface area contributed by atoms with Crippen molar-refractivity contribution in [2.24, 2.45) is 11.8 Å². The Balaban J connectivity index is 1.70. The van der Waals surface area contributed by atoms with Gasteiger partial charge >= 0.3 is 5.97 Å². The number of hydrogen-bond donors (Lipinski definition) is 2. The largest absolute Gasteiger partial charge is 0.481 e. The van der Waals surface area contributed by atoms with Gasteiger partial charge in [0, 0.05) is 25.0 Å². The molecule has 0 aliphatic heterocycles. The zero-order valence-electron chi connectivity index (χ0n) is 11.9. The maximum absolute atomic E-state index is 11.7. The molecule has 1 aromatic rings. The van der Waals surface area contributed by atoms with Gasteiger partial charge in [-0.15, -0.1) is 0 Å². The van der Waals surface area contributed by atoms with Crippen LogP contribution in [0.4, 0.5) is 0 Å². The van der Waals surface area contributed by atoms with Gasteiger partial charge in [0.2, 0.25) is 5.91 Å². The molecule has 1 aromatic heterocycles. The van der Waals surface area contributed by atoms with Gasteiger partial charge < -0.3 is 10.4 Å². The number of rotatable bonds is 5. The molecule has 0 bridgehead atoms. The first-order chi connectivity index (χ1) is 10.1. The minimum absolute atomic E-state index is 0.126. The number of nitrogens with one attached hydrogen (secondary N) is 1. The summed E-state index contributed by atoms with van der Waals surface area (Å²) in [5.74, 6) is -0.644. The second-order valence-electron chi connectivity index (χ2n) is 5.42. The lowest BCUT2D eigenvalue weighted by atomic mass is 9.82. The Kier molecular flexibility index (Phi) is 5.49. The van der Waals surface area contributed by atoms with Gasteiger partial charge in [-0.1, -0.05) is 6.07 Å². The molecule has 0 aromatic carbocycles. The van der Waals surface area contributed by atoms with Crippen LogP contribution in [0.2, 0.25) is 0 Å². The van der Waals surface area contributed by atoms with Crippen molar-refractivity contribution in [3.05, 3.63) is 36.2 Å². The van der Waals surface area contributed by atoms with Crippen molar-refractivity contribution in [3.63, 3.8) is 0 Å². The summed E-state index contributed by atoms with van der Waals surface area (Å²) in [5, 5.41) is 11.8. The van der Waals surface area contributed by atoms with Crippen LogP contribution >= 0.6 is 0 Å². The maximum atomic E-state index is 11.7. The van der Waals surface area contributed by atoms with Crippen molar-refractivity contribution >= 4 is 18.0 Å². The summed E-state index contributed by atoms with van der Waals surface area (Å²) in [7, 11) is 0. The fraction of sp³-hybridized carbons (Fsp3) is 0.438. The van der Waals surface area contributed by atoms with Crippen molar-refractivity contribution in [1.82, 2.24) is 10.3 Å². The molecule has 0 atom stereocenters. The van der Waals surface area contributed by atoms with Crippen molar-refractivity contribution < 1.29 is 14.7 Å². The van der Waals surface area contributed by atoms with Gasteiger partial charge in [-0.25, -0.2) is 0 Å². The molecule has 5 nitrogen and oxygen atoms in total. The van der Waals surface area contributed by atoms with E-state index in [2.05, 4.69) is 10.3 Å². The van der Waals surface area contributed by atoms with Crippen LogP contribution in [0, 0.1) is 11.8 Å². The highest BCUT2D eigenvalue weighted by atomic mass is 16.4. The highest BCUT2D eigenvalue weighted by Crippen LogP contribution is 2.28. The van der Waals surface area contributed by atoms with Crippen LogP contribution in [-0.4, -0.2) is 28.5 Å². The average molecular weight is 288 g/mol. The van der Waals surface area contributed by atoms with Gasteiger partial charge in [-0.05, 0) is 49.3 Å². The molecule has 0 unspecified atom stereocenters. The summed E-state index contributed by atoms with van der Waals surface area (Å²) in [6.45, 7) is 0.614. The van der Waals surface area contributed by atoms with Gasteiger partial charge in [-0.2, -0.15) is 0 Å². The van der Waals surface area contributed by atoms with Gasteiger partial charge in [0.05, 0.1) is 5.92 Å². The number of carboxylic acids is 1. The van der Waals surface area contributed by atoms with Crippen LogP contribution in [-0.2, 0) is 9.59 Å². The minimum atomic E-state index is -0.697. The maximum Gasteiger partial charge on any atom is 0.306 e. The third-order valence-electron chi connectivity index (χ3n) is 3.87. The van der Waals surface area contributed by atoms with Crippen LogP contribution in [0.15, 0.2) is 30.6 Å². The van der Waals surface area contributed by atoms with E-state index >= 15 is 0 Å². The number of carbonyl (C=O) groups is 2. The van der Waals surface area contributed by atoms with E-state index in [1.165, 1.54) is 6.08 Å². The lowest BCUT2D eigenvalue weighted by Gasteiger charge is -2.25. The summed E-state index contributed by atoms with van der Waals surface area (Å²) in [4.78, 5) is 26.6. The summed E-state index contributed by atoms with van der Waals surface area (Å²) in [5.41, 5.74) is 0.884. The Labute approximate surface area is 124 Å². The molecular formula is C16H20N2O3. The number of pyridine rings is 1. The molecule has 1 aliphatic rings. The number of carbonyl (C=O) groups excluding carboxylic acids is 1. The zero-order valence-corrected chi connectivity index (χ0v) is 11.9. The van der Waals surface area contributed by atoms with Gasteiger partial charge in [0.1, 0.15) is 0 Å². The number of carboxylic acid groups (broad SMARTS) is 1. The van der Waals surface area contributed by atoms with E-state index < -0.39 is 5.97 Å². The predicted molar refractivity (Wildman–Crippen MR) is 79.4 cm³/mol. The van der Waals surface area contributed by atoms with Gasteiger partial charge in [0.15, 0.2) is 0 Å². The van der Waals surface area contributed by atoms with E-state index in [9.17, 15) is 9.59 Å². The second-order valence-corrected chi connectivity index (χ2v) is 5.42. The highest BCUT2D eigenvalue weighted by molar-refractivity contribution is 5.91. The van der Waals surface area contributed by atoms with Crippen LogP contribution in [0.25, 0.3) is 6.08 Å². The molecule has 0 saturated heterocycles. The monoisotopic (exact) mass is 288 g/mol. The number of aromatic nitrogens is 1. The van der Waals surface area contributed by atoms with Crippen LogP contribution in [0.1, 0.15) is 31.2 Å². The molecule has 0 radical (unpaired) electrons. The summed E-state index contributed by atoms with van der Waals surface area (Å²) in [6.07, 6.45) is 9.75. The van der Waals surface area contributed by atoms with E-state index in [1.807, 2.05) is 12.1 Å². The first-order valence-corrected chi connectivity index (χ1v) is 7.24. The number of aliphatic carboxylic acids is 1. The highest BCUT2D eigenvalue weighted by Gasteiger charge is 2.25. The molecule has 1 aliphatic carbocycles. The van der Waals surface area contributed by atoms with E-state index in [4.69, 9.17) is 5.11 Å². The van der Waals surface area contributed by atoms with Gasteiger partial charge in [-0.3, -0.25) is 14.6 Å². The summed E-state index contributed by atoms with van der Waals surface area (Å²) >= 11 is 0.